The van der Waals surface area contributed by atoms with E-state index in [-0.39, 0.29) is 0 Å². The number of ether oxygens (including phenoxy) is 2. The average Bonchev–Trinajstić information content (AvgIpc) is 2.52. The number of carbonyl (C=O) groups excluding carboxylic acids is 1. The summed E-state index contributed by atoms with van der Waals surface area (Å²) in [5.41, 5.74) is 8.01. The molecule has 23 heavy (non-hydrogen) atoms. The van der Waals surface area contributed by atoms with Crippen molar-refractivity contribution >= 4 is 23.6 Å². The van der Waals surface area contributed by atoms with Crippen molar-refractivity contribution in [1.82, 2.24) is 0 Å². The van der Waals surface area contributed by atoms with Gasteiger partial charge in [-0.15, -0.1) is 0 Å². The van der Waals surface area contributed by atoms with Crippen LogP contribution in [0.3, 0.4) is 0 Å². The van der Waals surface area contributed by atoms with Crippen LogP contribution < -0.4 is 15.2 Å². The van der Waals surface area contributed by atoms with E-state index in [9.17, 15) is 4.79 Å². The van der Waals surface area contributed by atoms with Crippen LogP contribution in [-0.2, 0) is 11.4 Å². The third-order valence-corrected chi connectivity index (χ3v) is 3.61. The van der Waals surface area contributed by atoms with Gasteiger partial charge in [-0.25, -0.2) is 0 Å². The van der Waals surface area contributed by atoms with Gasteiger partial charge >= 0.3 is 0 Å². The maximum atomic E-state index is 10.8. The van der Waals surface area contributed by atoms with Crippen LogP contribution in [0.2, 0.25) is 5.02 Å². The molecule has 2 rings (SSSR count). The summed E-state index contributed by atoms with van der Waals surface area (Å²) in [6.45, 7) is 2.41. The first-order chi connectivity index (χ1) is 11.0. The zero-order valence-electron chi connectivity index (χ0n) is 13.0. The molecule has 0 aromatic heterocycles. The van der Waals surface area contributed by atoms with Gasteiger partial charge in [0, 0.05) is 6.08 Å². The van der Waals surface area contributed by atoms with Gasteiger partial charge in [-0.1, -0.05) is 35.9 Å². The summed E-state index contributed by atoms with van der Waals surface area (Å²) < 4.78 is 11.2. The Morgan fingerprint density at radius 3 is 2.70 bits per heavy atom. The third kappa shape index (κ3) is 4.50. The number of carbonyl (C=O) groups is 1. The van der Waals surface area contributed by atoms with Crippen LogP contribution >= 0.6 is 11.6 Å². The molecule has 0 aliphatic carbocycles. The molecule has 0 atom stereocenters. The largest absolute Gasteiger partial charge is 0.493 e. The Kier molecular flexibility index (Phi) is 5.66. The quantitative estimate of drug-likeness (QED) is 0.820. The van der Waals surface area contributed by atoms with E-state index in [2.05, 4.69) is 0 Å². The van der Waals surface area contributed by atoms with E-state index in [1.165, 1.54) is 13.2 Å². The maximum Gasteiger partial charge on any atom is 0.241 e. The van der Waals surface area contributed by atoms with Crippen molar-refractivity contribution in [3.63, 3.8) is 0 Å². The second-order valence-corrected chi connectivity index (χ2v) is 5.39. The van der Waals surface area contributed by atoms with Gasteiger partial charge in [0.05, 0.1) is 12.1 Å². The first-order valence-electron chi connectivity index (χ1n) is 7.03. The maximum absolute atomic E-state index is 10.8. The Morgan fingerprint density at radius 1 is 1.30 bits per heavy atom. The summed E-state index contributed by atoms with van der Waals surface area (Å²) in [5, 5.41) is 0.405. The molecule has 1 amide bonds. The number of hydrogen-bond donors (Lipinski definition) is 1. The summed E-state index contributed by atoms with van der Waals surface area (Å²) in [4.78, 5) is 10.8. The Morgan fingerprint density at radius 2 is 2.04 bits per heavy atom. The van der Waals surface area contributed by atoms with Gasteiger partial charge in [0.25, 0.3) is 0 Å². The first kappa shape index (κ1) is 16.9. The number of aryl methyl sites for hydroxylation is 1. The molecule has 2 aromatic rings. The van der Waals surface area contributed by atoms with Crippen molar-refractivity contribution in [2.24, 2.45) is 5.73 Å². The number of halogens is 1. The molecule has 0 saturated carbocycles. The van der Waals surface area contributed by atoms with E-state index in [1.54, 1.807) is 18.2 Å². The van der Waals surface area contributed by atoms with Crippen LogP contribution in [0.25, 0.3) is 6.08 Å². The molecule has 120 valence electrons. The average molecular weight is 332 g/mol. The smallest absolute Gasteiger partial charge is 0.241 e. The van der Waals surface area contributed by atoms with E-state index in [0.29, 0.717) is 28.7 Å². The first-order valence-corrected chi connectivity index (χ1v) is 7.41. The van der Waals surface area contributed by atoms with Crippen LogP contribution in [0, 0.1) is 6.92 Å². The minimum Gasteiger partial charge on any atom is -0.493 e. The molecule has 0 bridgehead atoms. The Bertz CT molecular complexity index is 741. The van der Waals surface area contributed by atoms with E-state index < -0.39 is 5.91 Å². The monoisotopic (exact) mass is 331 g/mol. The molecule has 0 aliphatic heterocycles. The van der Waals surface area contributed by atoms with E-state index >= 15 is 0 Å². The molecule has 0 fully saturated rings. The topological polar surface area (TPSA) is 61.5 Å². The minimum atomic E-state index is -0.528. The predicted molar refractivity (Wildman–Crippen MR) is 91.7 cm³/mol. The number of amides is 1. The molecule has 0 saturated heterocycles. The molecule has 0 heterocycles. The molecule has 5 heteroatoms. The molecule has 4 nitrogen and oxygen atoms in total. The molecule has 0 unspecified atom stereocenters. The second-order valence-electron chi connectivity index (χ2n) is 4.98. The van der Waals surface area contributed by atoms with E-state index in [0.717, 1.165) is 11.1 Å². The lowest BCUT2D eigenvalue weighted by molar-refractivity contribution is -0.113. The fraction of sp³-hybridized carbons (Fsp3) is 0.167. The molecule has 2 aromatic carbocycles. The van der Waals surface area contributed by atoms with Crippen molar-refractivity contribution in [1.29, 1.82) is 0 Å². The molecule has 2 N–H and O–H groups in total. The SMILES string of the molecule is COc1cc(/C=C/C(N)=O)cc(Cl)c1OCc1ccccc1C. The van der Waals surface area contributed by atoms with Gasteiger partial charge in [-0.3, -0.25) is 4.79 Å². The zero-order chi connectivity index (χ0) is 16.8. The second kappa shape index (κ2) is 7.70. The van der Waals surface area contributed by atoms with Gasteiger partial charge in [0.1, 0.15) is 6.61 Å². The third-order valence-electron chi connectivity index (χ3n) is 3.33. The highest BCUT2D eigenvalue weighted by atomic mass is 35.5. The van der Waals surface area contributed by atoms with Crippen molar-refractivity contribution in [3.8, 4) is 11.5 Å². The number of methoxy groups -OCH3 is 1. The Labute approximate surface area is 140 Å². The molecule has 0 spiro atoms. The van der Waals surface area contributed by atoms with Crippen LogP contribution in [0.1, 0.15) is 16.7 Å². The molecular weight excluding hydrogens is 314 g/mol. The highest BCUT2D eigenvalue weighted by molar-refractivity contribution is 6.32. The fourth-order valence-electron chi connectivity index (χ4n) is 2.08. The normalized spacial score (nSPS) is 10.7. The summed E-state index contributed by atoms with van der Waals surface area (Å²) in [6.07, 6.45) is 2.83. The fourth-order valence-corrected chi connectivity index (χ4v) is 2.35. The summed E-state index contributed by atoms with van der Waals surface area (Å²) in [6, 6.07) is 11.4. The zero-order valence-corrected chi connectivity index (χ0v) is 13.8. The van der Waals surface area contributed by atoms with Gasteiger partial charge < -0.3 is 15.2 Å². The number of primary amides is 1. The standard InChI is InChI=1S/C18H18ClNO3/c1-12-5-3-4-6-14(12)11-23-18-15(19)9-13(7-8-17(20)21)10-16(18)22-2/h3-10H,11H2,1-2H3,(H2,20,21)/b8-7+. The summed E-state index contributed by atoms with van der Waals surface area (Å²) in [7, 11) is 1.54. The lowest BCUT2D eigenvalue weighted by Gasteiger charge is -2.14. The summed E-state index contributed by atoms with van der Waals surface area (Å²) >= 11 is 6.28. The minimum absolute atomic E-state index is 0.388. The van der Waals surface area contributed by atoms with E-state index in [1.807, 2.05) is 31.2 Å². The number of nitrogens with two attached hydrogens (primary N) is 1. The Hall–Kier alpha value is -2.46. The number of hydrogen-bond acceptors (Lipinski definition) is 3. The van der Waals surface area contributed by atoms with Gasteiger partial charge in [0.15, 0.2) is 11.5 Å². The van der Waals surface area contributed by atoms with Gasteiger partial charge in [-0.2, -0.15) is 0 Å². The number of rotatable bonds is 6. The summed E-state index contributed by atoms with van der Waals surface area (Å²) in [5.74, 6) is 0.434. The molecule has 0 radical (unpaired) electrons. The van der Waals surface area contributed by atoms with Crippen LogP contribution in [-0.4, -0.2) is 13.0 Å². The van der Waals surface area contributed by atoms with Crippen molar-refractivity contribution < 1.29 is 14.3 Å². The van der Waals surface area contributed by atoms with E-state index in [4.69, 9.17) is 26.8 Å². The predicted octanol–water partition coefficient (Wildman–Crippen LogP) is 3.73. The van der Waals surface area contributed by atoms with Crippen molar-refractivity contribution in [2.75, 3.05) is 7.11 Å². The number of benzene rings is 2. The van der Waals surface area contributed by atoms with Crippen LogP contribution in [0.5, 0.6) is 11.5 Å². The van der Waals surface area contributed by atoms with Crippen molar-refractivity contribution in [3.05, 3.63) is 64.2 Å². The highest BCUT2D eigenvalue weighted by Gasteiger charge is 2.12. The Balaban J connectivity index is 2.24. The van der Waals surface area contributed by atoms with Crippen molar-refractivity contribution in [2.45, 2.75) is 13.5 Å². The van der Waals surface area contributed by atoms with Gasteiger partial charge in [0.2, 0.25) is 5.91 Å². The highest BCUT2D eigenvalue weighted by Crippen LogP contribution is 2.37. The molecular formula is C18H18ClNO3. The van der Waals surface area contributed by atoms with Crippen LogP contribution in [0.4, 0.5) is 0 Å². The van der Waals surface area contributed by atoms with Gasteiger partial charge in [-0.05, 0) is 41.8 Å². The molecule has 0 aliphatic rings. The van der Waals surface area contributed by atoms with Crippen LogP contribution in [0.15, 0.2) is 42.5 Å². The lowest BCUT2D eigenvalue weighted by atomic mass is 10.1. The lowest BCUT2D eigenvalue weighted by Crippen LogP contribution is -2.05.